The van der Waals surface area contributed by atoms with Crippen LogP contribution in [0, 0.1) is 0 Å². The van der Waals surface area contributed by atoms with E-state index in [1.54, 1.807) is 0 Å². The third kappa shape index (κ3) is 5.33. The van der Waals surface area contributed by atoms with E-state index < -0.39 is 6.10 Å². The van der Waals surface area contributed by atoms with Gasteiger partial charge in [0, 0.05) is 12.6 Å². The first kappa shape index (κ1) is 15.7. The van der Waals surface area contributed by atoms with E-state index in [1.165, 1.54) is 5.56 Å². The molecule has 112 valence electrons. The summed E-state index contributed by atoms with van der Waals surface area (Å²) in [6.45, 7) is 2.80. The van der Waals surface area contributed by atoms with Crippen LogP contribution >= 0.6 is 0 Å². The first-order valence-corrected chi connectivity index (χ1v) is 7.80. The van der Waals surface area contributed by atoms with Crippen LogP contribution in [0.15, 0.2) is 60.7 Å². The van der Waals surface area contributed by atoms with E-state index in [4.69, 9.17) is 0 Å². The highest BCUT2D eigenvalue weighted by atomic mass is 16.3. The minimum Gasteiger partial charge on any atom is -0.387 e. The van der Waals surface area contributed by atoms with Crippen LogP contribution in [-0.4, -0.2) is 17.7 Å². The minimum absolute atomic E-state index is 0.413. The number of benzene rings is 2. The van der Waals surface area contributed by atoms with Gasteiger partial charge in [-0.05, 0) is 24.0 Å². The Morgan fingerprint density at radius 1 is 0.952 bits per heavy atom. The van der Waals surface area contributed by atoms with Crippen LogP contribution in [0.4, 0.5) is 0 Å². The molecule has 21 heavy (non-hydrogen) atoms. The van der Waals surface area contributed by atoms with Gasteiger partial charge >= 0.3 is 0 Å². The van der Waals surface area contributed by atoms with Crippen LogP contribution in [0.5, 0.6) is 0 Å². The second kappa shape index (κ2) is 8.60. The van der Waals surface area contributed by atoms with Crippen molar-refractivity contribution < 1.29 is 5.11 Å². The fourth-order valence-electron chi connectivity index (χ4n) is 2.59. The molecule has 1 unspecified atom stereocenters. The molecule has 0 fully saturated rings. The summed E-state index contributed by atoms with van der Waals surface area (Å²) >= 11 is 0. The monoisotopic (exact) mass is 283 g/mol. The molecule has 0 aliphatic heterocycles. The van der Waals surface area contributed by atoms with Crippen molar-refractivity contribution in [2.45, 2.75) is 38.3 Å². The molecule has 0 amide bonds. The quantitative estimate of drug-likeness (QED) is 0.774. The van der Waals surface area contributed by atoms with E-state index in [1.807, 2.05) is 36.4 Å². The lowest BCUT2D eigenvalue weighted by Gasteiger charge is -2.21. The number of nitrogens with one attached hydrogen (secondary N) is 1. The number of hydrogen-bond donors (Lipinski definition) is 2. The Labute approximate surface area is 127 Å². The molecule has 2 N–H and O–H groups in total. The van der Waals surface area contributed by atoms with Gasteiger partial charge in [-0.2, -0.15) is 0 Å². The average Bonchev–Trinajstić information content (AvgIpc) is 2.54. The highest BCUT2D eigenvalue weighted by molar-refractivity contribution is 5.18. The standard InChI is InChI=1S/C19H25NO/c1-2-9-18(14-16-10-5-3-6-11-16)20-15-19(21)17-12-7-4-8-13-17/h3-8,10-13,18-21H,2,9,14-15H2,1H3/t18?,19-/m0/s1. The lowest BCUT2D eigenvalue weighted by atomic mass is 10.0. The molecule has 2 aromatic carbocycles. The van der Waals surface area contributed by atoms with Crippen LogP contribution in [0.25, 0.3) is 0 Å². The fourth-order valence-corrected chi connectivity index (χ4v) is 2.59. The van der Waals surface area contributed by atoms with Gasteiger partial charge in [0.25, 0.3) is 0 Å². The Balaban J connectivity index is 1.88. The molecule has 0 heterocycles. The molecule has 2 nitrogen and oxygen atoms in total. The molecule has 0 saturated carbocycles. The van der Waals surface area contributed by atoms with Gasteiger partial charge in [0.1, 0.15) is 0 Å². The van der Waals surface area contributed by atoms with Gasteiger partial charge in [0.05, 0.1) is 6.10 Å². The summed E-state index contributed by atoms with van der Waals surface area (Å²) in [5.41, 5.74) is 2.32. The van der Waals surface area contributed by atoms with E-state index in [0.717, 1.165) is 24.8 Å². The molecule has 0 aliphatic rings. The highest BCUT2D eigenvalue weighted by Crippen LogP contribution is 2.13. The zero-order valence-corrected chi connectivity index (χ0v) is 12.7. The number of aliphatic hydroxyl groups is 1. The molecular formula is C19H25NO. The molecule has 2 heteroatoms. The maximum Gasteiger partial charge on any atom is 0.0914 e. The third-order valence-electron chi connectivity index (χ3n) is 3.75. The van der Waals surface area contributed by atoms with Crippen molar-refractivity contribution in [3.8, 4) is 0 Å². The predicted molar refractivity (Wildman–Crippen MR) is 88.2 cm³/mol. The Kier molecular flexibility index (Phi) is 6.45. The van der Waals surface area contributed by atoms with Crippen molar-refractivity contribution in [2.75, 3.05) is 6.54 Å². The Bertz CT molecular complexity index is 497. The van der Waals surface area contributed by atoms with E-state index in [9.17, 15) is 5.11 Å². The molecule has 0 saturated heterocycles. The Hall–Kier alpha value is -1.64. The minimum atomic E-state index is -0.443. The van der Waals surface area contributed by atoms with Crippen LogP contribution in [0.1, 0.15) is 37.0 Å². The van der Waals surface area contributed by atoms with Crippen LogP contribution < -0.4 is 5.32 Å². The van der Waals surface area contributed by atoms with E-state index in [2.05, 4.69) is 36.5 Å². The maximum atomic E-state index is 10.2. The smallest absolute Gasteiger partial charge is 0.0914 e. The van der Waals surface area contributed by atoms with Gasteiger partial charge in [-0.3, -0.25) is 0 Å². The Morgan fingerprint density at radius 3 is 2.19 bits per heavy atom. The van der Waals surface area contributed by atoms with Gasteiger partial charge in [0.2, 0.25) is 0 Å². The highest BCUT2D eigenvalue weighted by Gasteiger charge is 2.12. The molecular weight excluding hydrogens is 258 g/mol. The number of rotatable bonds is 8. The van der Waals surface area contributed by atoms with Crippen molar-refractivity contribution >= 4 is 0 Å². The molecule has 0 radical (unpaired) electrons. The molecule has 2 atom stereocenters. The first-order valence-electron chi connectivity index (χ1n) is 7.80. The summed E-state index contributed by atoms with van der Waals surface area (Å²) in [5.74, 6) is 0. The number of hydrogen-bond acceptors (Lipinski definition) is 2. The van der Waals surface area contributed by atoms with E-state index in [0.29, 0.717) is 12.6 Å². The zero-order chi connectivity index (χ0) is 14.9. The lowest BCUT2D eigenvalue weighted by Crippen LogP contribution is -2.34. The molecule has 0 spiro atoms. The largest absolute Gasteiger partial charge is 0.387 e. The summed E-state index contributed by atoms with van der Waals surface area (Å²) in [6.07, 6.45) is 2.83. The fraction of sp³-hybridized carbons (Fsp3) is 0.368. The topological polar surface area (TPSA) is 32.3 Å². The second-order valence-corrected chi connectivity index (χ2v) is 5.51. The molecule has 2 aromatic rings. The van der Waals surface area contributed by atoms with Gasteiger partial charge in [0.15, 0.2) is 0 Å². The summed E-state index contributed by atoms with van der Waals surface area (Å²) in [4.78, 5) is 0. The summed E-state index contributed by atoms with van der Waals surface area (Å²) in [6, 6.07) is 20.8. The summed E-state index contributed by atoms with van der Waals surface area (Å²) in [5, 5.41) is 13.8. The lowest BCUT2D eigenvalue weighted by molar-refractivity contribution is 0.168. The van der Waals surface area contributed by atoms with Crippen LogP contribution in [0.2, 0.25) is 0 Å². The summed E-state index contributed by atoms with van der Waals surface area (Å²) < 4.78 is 0. The van der Waals surface area contributed by atoms with Gasteiger partial charge in [-0.1, -0.05) is 74.0 Å². The third-order valence-corrected chi connectivity index (χ3v) is 3.75. The van der Waals surface area contributed by atoms with Crippen molar-refractivity contribution in [3.63, 3.8) is 0 Å². The second-order valence-electron chi connectivity index (χ2n) is 5.51. The van der Waals surface area contributed by atoms with Crippen LogP contribution in [0.3, 0.4) is 0 Å². The van der Waals surface area contributed by atoms with Gasteiger partial charge < -0.3 is 10.4 Å². The van der Waals surface area contributed by atoms with Crippen molar-refractivity contribution in [3.05, 3.63) is 71.8 Å². The maximum absolute atomic E-state index is 10.2. The Morgan fingerprint density at radius 2 is 1.57 bits per heavy atom. The molecule has 0 aromatic heterocycles. The zero-order valence-electron chi connectivity index (χ0n) is 12.7. The van der Waals surface area contributed by atoms with Crippen molar-refractivity contribution in [1.29, 1.82) is 0 Å². The number of aliphatic hydroxyl groups excluding tert-OH is 1. The van der Waals surface area contributed by atoms with E-state index >= 15 is 0 Å². The normalized spacial score (nSPS) is 13.8. The SMILES string of the molecule is CCCC(Cc1ccccc1)NC[C@H](O)c1ccccc1. The van der Waals surface area contributed by atoms with Gasteiger partial charge in [-0.15, -0.1) is 0 Å². The molecule has 0 aliphatic carbocycles. The van der Waals surface area contributed by atoms with Gasteiger partial charge in [-0.25, -0.2) is 0 Å². The first-order chi connectivity index (χ1) is 10.3. The van der Waals surface area contributed by atoms with Crippen molar-refractivity contribution in [2.24, 2.45) is 0 Å². The predicted octanol–water partition coefficient (Wildman–Crippen LogP) is 3.72. The van der Waals surface area contributed by atoms with E-state index in [-0.39, 0.29) is 0 Å². The molecule has 0 bridgehead atoms. The average molecular weight is 283 g/mol. The molecule has 2 rings (SSSR count). The summed E-state index contributed by atoms with van der Waals surface area (Å²) in [7, 11) is 0. The van der Waals surface area contributed by atoms with Crippen molar-refractivity contribution in [1.82, 2.24) is 5.32 Å². The van der Waals surface area contributed by atoms with Crippen LogP contribution in [-0.2, 0) is 6.42 Å².